The predicted octanol–water partition coefficient (Wildman–Crippen LogP) is 20.6. The van der Waals surface area contributed by atoms with Gasteiger partial charge in [-0.05, 0) is 172 Å². The molecule has 34 heteroatoms. The first-order chi connectivity index (χ1) is 70.8. The van der Waals surface area contributed by atoms with E-state index in [9.17, 15) is 27.9 Å². The Kier molecular flexibility index (Phi) is 38.4. The summed E-state index contributed by atoms with van der Waals surface area (Å²) >= 11 is -0.638. The molecule has 3 saturated heterocycles. The zero-order valence-corrected chi connectivity index (χ0v) is 93.5. The van der Waals surface area contributed by atoms with Gasteiger partial charge >= 0.3 is 0 Å². The number of hydrogen-bond donors (Lipinski definition) is 9. The molecule has 19 rings (SSSR count). The SMILES string of the molecule is CC(C)(C)c1ccnc2cc(CN)ccc12.CC(C)(C)c1nc(NC(=O)C2CCNCC2)nc2c1CC=N2.CC(C)(C)c1nc2ccccc2nc1N.CC(C)(C)c1ncnc2sc(C(=O)NC3CCCNC3)cc12.CC(C)n1cnc2nc(C(C)(C)C)nc(N3CCC(N)C3)c21.CCC(=O)Cc1nc2ccccc2nc1C(C)(C)C.CNC(=O)c1ccccc1Nc1nc2ccccc2nc1C(C)(C)C.O=S([O-])c1ccccc1. The molecule has 0 radical (unpaired) electrons. The van der Waals surface area contributed by atoms with E-state index in [-0.39, 0.29) is 79.4 Å². The lowest BCUT2D eigenvalue weighted by Gasteiger charge is -2.23. The minimum atomic E-state index is -2.08. The van der Waals surface area contributed by atoms with Gasteiger partial charge in [-0.1, -0.05) is 231 Å². The number of hydrogen-bond acceptors (Lipinski definition) is 29. The standard InChI is InChI=1S/C20H22N4O.C16H26N6.C16H23N5O.C16H22N4OS.C16H20N2O.C14H18N2.C12H15N3.C6H6O2S/c1-20(2,3)17-18(24-16-12-8-7-11-15(16)22-17)23-14-10-6-5-9-13(14)19(25)21-4;1-10(2)22-9-18-13-12(22)14(21-7-6-11(17)8-21)20-15(19-13)16(3,4)5;1-16(2,3)12-11-6-9-18-13(11)20-15(19-12)21-14(22)10-4-7-17-8-5-10;1-16(2,3)13-11-7-12(22-15(11)19-9-18-13)14(21)20-10-5-4-6-17-8-10;1-5-11(19)10-14-15(16(2,3)4)18-13-9-7-6-8-12(13)17-14;1-14(2,3)12-6-7-16-13-8-10(9-15)4-5-11(12)13;1-12(2,3)10-11(13)15-9-7-5-4-6-8(9)14-10;7-9(8)6-4-2-1-3-5-6/h5-12H,1-4H3,(H,21,25)(H,23,24);9-11H,6-8,17H2,1-5H3;9-10,17H,4-8H2,1-3H3,(H,19,20,21,22);7,9-10,17H,4-6,8H2,1-3H3,(H,20,21);6-9H,5,10H2,1-4H3;4-8H,9,15H2,1-3H3;4-7H,1-3H3,(H2,13,15);1-5H,(H,7,8)/p-1. The lowest BCUT2D eigenvalue weighted by atomic mass is 9.85. The highest BCUT2D eigenvalue weighted by molar-refractivity contribution is 7.79. The van der Waals surface area contributed by atoms with Crippen LogP contribution in [0.4, 0.5) is 34.9 Å². The number of amides is 3. The molecule has 0 saturated carbocycles. The van der Waals surface area contributed by atoms with Crippen molar-refractivity contribution >= 4 is 152 Å². The Morgan fingerprint density at radius 2 is 1.15 bits per heavy atom. The number of nitrogens with one attached hydrogen (secondary N) is 6. The number of fused-ring (bicyclic) bond motifs is 7. The minimum Gasteiger partial charge on any atom is -0.768 e. The Labute approximate surface area is 889 Å². The van der Waals surface area contributed by atoms with Crippen LogP contribution in [0.3, 0.4) is 0 Å². The Bertz CT molecular complexity index is 7270. The number of anilines is 5. The maximum atomic E-state index is 12.5. The van der Waals surface area contributed by atoms with Crippen LogP contribution in [0.15, 0.2) is 186 Å². The molecule has 4 aliphatic heterocycles. The van der Waals surface area contributed by atoms with Gasteiger partial charge in [0.2, 0.25) is 11.9 Å². The fraction of sp³-hybridized carbons (Fsp3) is 0.440. The van der Waals surface area contributed by atoms with Crippen molar-refractivity contribution < 1.29 is 27.9 Å². The largest absolute Gasteiger partial charge is 0.768 e. The van der Waals surface area contributed by atoms with E-state index in [1.165, 1.54) is 22.3 Å². The number of ketones is 1. The molecule has 3 unspecified atom stereocenters. The summed E-state index contributed by atoms with van der Waals surface area (Å²) in [4.78, 5) is 121. The van der Waals surface area contributed by atoms with Crippen molar-refractivity contribution in [2.75, 3.05) is 67.6 Å². The van der Waals surface area contributed by atoms with Crippen LogP contribution < -0.4 is 54.0 Å². The number of Topliss-reactive ketones (excluding diaryl/α,β-unsaturated/α-hetero) is 1. The molecule has 0 bridgehead atoms. The van der Waals surface area contributed by atoms with Gasteiger partial charge < -0.3 is 57.8 Å². The second-order valence-corrected chi connectivity index (χ2v) is 47.4. The number of carbonyl (C=O) groups excluding carboxylic acids is 4. The summed E-state index contributed by atoms with van der Waals surface area (Å²) in [5.41, 5.74) is 35.4. The molecule has 13 heterocycles. The van der Waals surface area contributed by atoms with Gasteiger partial charge in [-0.15, -0.1) is 11.3 Å². The molecule has 794 valence electrons. The normalized spacial score (nSPS) is 15.0. The first-order valence-electron chi connectivity index (χ1n) is 51.7. The summed E-state index contributed by atoms with van der Waals surface area (Å²) < 4.78 is 22.6. The number of pyridine rings is 1. The molecule has 0 spiro atoms. The smallest absolute Gasteiger partial charge is 0.261 e. The van der Waals surface area contributed by atoms with Gasteiger partial charge in [0.1, 0.15) is 34.1 Å². The number of piperidine rings is 2. The topological polar surface area (TPSA) is 460 Å². The van der Waals surface area contributed by atoms with E-state index in [1.54, 1.807) is 49.8 Å². The van der Waals surface area contributed by atoms with Crippen LogP contribution in [-0.4, -0.2) is 171 Å². The van der Waals surface area contributed by atoms with Crippen LogP contribution in [-0.2, 0) is 78.0 Å². The molecule has 0 aliphatic carbocycles. The molecule has 32 nitrogen and oxygen atoms in total. The number of rotatable bonds is 14. The van der Waals surface area contributed by atoms with Crippen molar-refractivity contribution in [2.24, 2.45) is 22.4 Å². The van der Waals surface area contributed by atoms with E-state index >= 15 is 0 Å². The zero-order valence-electron chi connectivity index (χ0n) is 91.8. The second-order valence-electron chi connectivity index (χ2n) is 45.5. The Hall–Kier alpha value is -13.5. The van der Waals surface area contributed by atoms with Crippen LogP contribution in [0.25, 0.3) is 65.4 Å². The maximum Gasteiger partial charge on any atom is 0.261 e. The Morgan fingerprint density at radius 3 is 1.71 bits per heavy atom. The molecule has 3 fully saturated rings. The van der Waals surface area contributed by atoms with Crippen molar-refractivity contribution in [2.45, 2.75) is 285 Å². The summed E-state index contributed by atoms with van der Waals surface area (Å²) in [5, 5.41) is 20.8. The van der Waals surface area contributed by atoms with Crippen LogP contribution in [0, 0.1) is 5.92 Å². The van der Waals surface area contributed by atoms with Gasteiger partial charge in [-0.2, -0.15) is 4.98 Å². The van der Waals surface area contributed by atoms with E-state index in [2.05, 4.69) is 275 Å². The summed E-state index contributed by atoms with van der Waals surface area (Å²) in [5.74, 6) is 4.21. The number of aromatic nitrogens is 15. The highest BCUT2D eigenvalue weighted by Gasteiger charge is 2.34. The second kappa shape index (κ2) is 50.0. The summed E-state index contributed by atoms with van der Waals surface area (Å²) in [6.07, 6.45) is 13.8. The highest BCUT2D eigenvalue weighted by atomic mass is 32.2. The third-order valence-electron chi connectivity index (χ3n) is 25.3. The van der Waals surface area contributed by atoms with Crippen LogP contribution >= 0.6 is 11.3 Å². The molecule has 4 aliphatic rings. The van der Waals surface area contributed by atoms with E-state index in [0.717, 1.165) is 195 Å². The number of carbonyl (C=O) groups is 4. The third-order valence-corrected chi connectivity index (χ3v) is 27.0. The van der Waals surface area contributed by atoms with Crippen LogP contribution in [0.2, 0.25) is 0 Å². The number of nitrogens with zero attached hydrogens (tertiary/aromatic N) is 17. The molecular formula is C116H151N26O6S2-. The first kappa shape index (κ1) is 115. The first-order valence-corrected chi connectivity index (χ1v) is 53.5. The van der Waals surface area contributed by atoms with Crippen LogP contribution in [0.1, 0.15) is 287 Å². The maximum absolute atomic E-state index is 12.5. The van der Waals surface area contributed by atoms with Gasteiger partial charge in [0.25, 0.3) is 11.8 Å². The van der Waals surface area contributed by atoms with Crippen molar-refractivity contribution in [1.82, 2.24) is 95.6 Å². The quantitative estimate of drug-likeness (QED) is 0.0457. The third kappa shape index (κ3) is 30.7. The lowest BCUT2D eigenvalue weighted by molar-refractivity contribution is -0.120. The monoisotopic (exact) mass is 2070 g/mol. The van der Waals surface area contributed by atoms with Gasteiger partial charge in [0.05, 0.1) is 102 Å². The molecule has 9 aromatic heterocycles. The average molecular weight is 2070 g/mol. The van der Waals surface area contributed by atoms with Crippen molar-refractivity contribution in [3.63, 3.8) is 0 Å². The predicted molar refractivity (Wildman–Crippen MR) is 609 cm³/mol. The highest BCUT2D eigenvalue weighted by Crippen LogP contribution is 2.39. The number of benzene rings is 6. The molecule has 3 atom stereocenters. The van der Waals surface area contributed by atoms with Crippen molar-refractivity contribution in [3.05, 3.63) is 244 Å². The van der Waals surface area contributed by atoms with E-state index in [1.807, 2.05) is 123 Å². The fourth-order valence-electron chi connectivity index (χ4n) is 17.4. The number of para-hydroxylation sites is 7. The van der Waals surface area contributed by atoms with Gasteiger partial charge in [0.15, 0.2) is 23.1 Å². The van der Waals surface area contributed by atoms with Gasteiger partial charge in [0, 0.05) is 136 Å². The van der Waals surface area contributed by atoms with Crippen molar-refractivity contribution in [1.29, 1.82) is 0 Å². The summed E-state index contributed by atoms with van der Waals surface area (Å²) in [7, 11) is 1.62. The number of aliphatic imine (C=N–C) groups is 1. The number of thiophene rings is 1. The van der Waals surface area contributed by atoms with Crippen molar-refractivity contribution in [3.8, 4) is 0 Å². The van der Waals surface area contributed by atoms with E-state index < -0.39 is 11.1 Å². The minimum absolute atomic E-state index is 0.00319. The Morgan fingerprint density at radius 1 is 0.567 bits per heavy atom. The Balaban J connectivity index is 0.000000154. The summed E-state index contributed by atoms with van der Waals surface area (Å²) in [6, 6.07) is 50.1. The zero-order chi connectivity index (χ0) is 109. The summed E-state index contributed by atoms with van der Waals surface area (Å²) in [6.45, 7) is 56.9. The van der Waals surface area contributed by atoms with Crippen LogP contribution in [0.5, 0.6) is 0 Å². The molecular weight excluding hydrogens is 1920 g/mol. The van der Waals surface area contributed by atoms with Gasteiger partial charge in [-0.25, -0.2) is 64.8 Å². The number of imidazole rings is 1. The van der Waals surface area contributed by atoms with E-state index in [4.69, 9.17) is 42.1 Å². The van der Waals surface area contributed by atoms with E-state index in [0.29, 0.717) is 69.9 Å². The average Bonchev–Trinajstić information content (AvgIpc) is 1.59. The molecule has 150 heavy (non-hydrogen) atoms. The molecule has 3 amide bonds. The number of nitrogens with two attached hydrogens (primary N) is 3. The lowest BCUT2D eigenvalue weighted by Crippen LogP contribution is -2.45. The molecule has 6 aromatic carbocycles. The fourth-order valence-corrected chi connectivity index (χ4v) is 18.7. The number of nitrogen functional groups attached to an aromatic ring is 1. The molecule has 15 aromatic rings. The molecule has 12 N–H and O–H groups in total. The van der Waals surface area contributed by atoms with Gasteiger partial charge in [-0.3, -0.25) is 33.7 Å².